The van der Waals surface area contributed by atoms with Crippen molar-refractivity contribution in [1.82, 2.24) is 0 Å². The molecule has 17 heteroatoms. The molecule has 0 aliphatic heterocycles. The van der Waals surface area contributed by atoms with Crippen LogP contribution < -0.4 is 5.14 Å². The number of primary sulfonamides is 1. The number of halogens is 3. The molecule has 0 fully saturated rings. The molecule has 176 valence electrons. The van der Waals surface area contributed by atoms with Crippen molar-refractivity contribution in [3.63, 3.8) is 0 Å². The van der Waals surface area contributed by atoms with Crippen LogP contribution in [0.15, 0.2) is 49.9 Å². The van der Waals surface area contributed by atoms with Gasteiger partial charge in [0.15, 0.2) is 0 Å². The molecule has 0 bridgehead atoms. The minimum Gasteiger partial charge on any atom is -0.506 e. The van der Waals surface area contributed by atoms with Crippen LogP contribution >= 0.6 is 32.0 Å². The van der Waals surface area contributed by atoms with Gasteiger partial charge in [-0.25, -0.2) is 38.8 Å². The van der Waals surface area contributed by atoms with E-state index in [-0.39, 0.29) is 32.3 Å². The fourth-order valence-corrected chi connectivity index (χ4v) is 8.85. The number of aromatic hydroxyl groups is 1. The van der Waals surface area contributed by atoms with Crippen LogP contribution in [0.25, 0.3) is 32.3 Å². The Morgan fingerprint density at radius 1 is 0.606 bits per heavy atom. The average Bonchev–Trinajstić information content (AvgIpc) is 2.62. The van der Waals surface area contributed by atoms with Crippen molar-refractivity contribution in [1.29, 1.82) is 0 Å². The summed E-state index contributed by atoms with van der Waals surface area (Å²) in [7, 11) is -2.38. The summed E-state index contributed by atoms with van der Waals surface area (Å²) in [5.41, 5.74) is 0. The zero-order valence-corrected chi connectivity index (χ0v) is 21.0. The Bertz CT molecular complexity index is 1920. The highest BCUT2D eigenvalue weighted by Crippen LogP contribution is 2.48. The fourth-order valence-electron chi connectivity index (χ4n) is 3.83. The number of hydrogen-bond acceptors (Lipinski definition) is 9. The Morgan fingerprint density at radius 3 is 1.39 bits per heavy atom. The van der Waals surface area contributed by atoms with Crippen molar-refractivity contribution < 1.29 is 38.8 Å². The van der Waals surface area contributed by atoms with Gasteiger partial charge in [0.25, 0.3) is 27.2 Å². The number of sulfonamides is 1. The largest absolute Gasteiger partial charge is 0.506 e. The highest BCUT2D eigenvalue weighted by molar-refractivity contribution is 8.15. The van der Waals surface area contributed by atoms with Gasteiger partial charge in [-0.15, -0.1) is 0 Å². The first kappa shape index (κ1) is 24.5. The third-order valence-electron chi connectivity index (χ3n) is 4.93. The number of phenolic OH excluding ortho intramolecular Hbond substituents is 1. The number of phenols is 1. The lowest BCUT2D eigenvalue weighted by Gasteiger charge is -2.19. The van der Waals surface area contributed by atoms with Gasteiger partial charge in [-0.3, -0.25) is 0 Å². The van der Waals surface area contributed by atoms with E-state index in [0.29, 0.717) is 0 Å². The Labute approximate surface area is 200 Å². The molecule has 10 nitrogen and oxygen atoms in total. The predicted molar refractivity (Wildman–Crippen MR) is 122 cm³/mol. The molecule has 0 heterocycles. The van der Waals surface area contributed by atoms with Crippen molar-refractivity contribution in [3.05, 3.63) is 30.3 Å². The number of hydrogen-bond donors (Lipinski definition) is 2. The molecule has 0 amide bonds. The lowest BCUT2D eigenvalue weighted by atomic mass is 9.93. The van der Waals surface area contributed by atoms with Crippen molar-refractivity contribution in [2.75, 3.05) is 0 Å². The van der Waals surface area contributed by atoms with E-state index in [4.69, 9.17) is 37.2 Å². The van der Waals surface area contributed by atoms with Gasteiger partial charge in [0, 0.05) is 64.4 Å². The maximum absolute atomic E-state index is 12.4. The molecule has 0 aliphatic carbocycles. The summed E-state index contributed by atoms with van der Waals surface area (Å²) >= 11 is 0. The van der Waals surface area contributed by atoms with Gasteiger partial charge in [-0.1, -0.05) is 18.2 Å². The summed E-state index contributed by atoms with van der Waals surface area (Å²) in [4.78, 5) is -3.59. The quantitative estimate of drug-likeness (QED) is 0.266. The predicted octanol–water partition coefficient (Wildman–Crippen LogP) is 2.72. The topological polar surface area (TPSA) is 183 Å². The first-order valence-electron chi connectivity index (χ1n) is 8.22. The normalized spacial score (nSPS) is 13.9. The monoisotopic (exact) mass is 591 g/mol. The van der Waals surface area contributed by atoms with E-state index in [2.05, 4.69) is 0 Å². The number of rotatable bonds is 4. The average molecular weight is 593 g/mol. The van der Waals surface area contributed by atoms with Crippen molar-refractivity contribution in [2.24, 2.45) is 5.14 Å². The van der Waals surface area contributed by atoms with E-state index in [1.807, 2.05) is 0 Å². The second kappa shape index (κ2) is 7.18. The van der Waals surface area contributed by atoms with Crippen LogP contribution in [0.3, 0.4) is 0 Å². The maximum atomic E-state index is 12.4. The van der Waals surface area contributed by atoms with Gasteiger partial charge < -0.3 is 5.11 Å². The Morgan fingerprint density at radius 2 is 1.00 bits per heavy atom. The van der Waals surface area contributed by atoms with Gasteiger partial charge >= 0.3 is 0 Å². The highest BCUT2D eigenvalue weighted by Gasteiger charge is 2.34. The molecular formula is C16H8Cl3NO9S4. The van der Waals surface area contributed by atoms with Gasteiger partial charge in [0.1, 0.15) is 15.5 Å². The highest BCUT2D eigenvalue weighted by atomic mass is 35.7. The first-order valence-corrected chi connectivity index (χ1v) is 16.7. The van der Waals surface area contributed by atoms with Crippen molar-refractivity contribution in [2.45, 2.75) is 19.6 Å². The molecule has 0 aromatic heterocycles. The van der Waals surface area contributed by atoms with Crippen LogP contribution in [-0.2, 0) is 37.2 Å². The summed E-state index contributed by atoms with van der Waals surface area (Å²) in [6.07, 6.45) is 0. The zero-order chi connectivity index (χ0) is 24.9. The third-order valence-corrected chi connectivity index (χ3v) is 10.1. The van der Waals surface area contributed by atoms with Crippen LogP contribution in [-0.4, -0.2) is 38.8 Å². The van der Waals surface area contributed by atoms with E-state index in [9.17, 15) is 38.8 Å². The summed E-state index contributed by atoms with van der Waals surface area (Å²) < 4.78 is 97.8. The van der Waals surface area contributed by atoms with Crippen LogP contribution in [0.5, 0.6) is 5.75 Å². The van der Waals surface area contributed by atoms with Crippen molar-refractivity contribution >= 4 is 102 Å². The lowest BCUT2D eigenvalue weighted by molar-refractivity contribution is 0.461. The van der Waals surface area contributed by atoms with E-state index in [1.54, 1.807) is 0 Å². The summed E-state index contributed by atoms with van der Waals surface area (Å²) in [5.74, 6) is -1.09. The SMILES string of the molecule is NS(=O)(=O)c1c(O)c2ccc3c(S(=O)(=O)Cl)cc(S(=O)(=O)Cl)c4ccc(c1S(=O)(=O)Cl)c2c34. The molecule has 0 radical (unpaired) electrons. The molecule has 33 heavy (non-hydrogen) atoms. The molecule has 3 N–H and O–H groups in total. The minimum atomic E-state index is -4.88. The standard InChI is InChI=1S/C16H8Cl3NO9S4/c17-30(22,23)10-5-11(31(18,24)25)7-2-4-9-13-8(3-1-6(10)12(7)13)14(21)16(33(20,28)29)15(9)32(19,26)27/h1-5,21H,(H2,20,28,29). The summed E-state index contributed by atoms with van der Waals surface area (Å²) in [5, 5.41) is 14.5. The summed E-state index contributed by atoms with van der Waals surface area (Å²) in [6, 6.07) is 5.08. The second-order valence-electron chi connectivity index (χ2n) is 6.81. The van der Waals surface area contributed by atoms with E-state index < -0.39 is 62.5 Å². The molecule has 0 saturated heterocycles. The molecule has 4 aromatic carbocycles. The van der Waals surface area contributed by atoms with Crippen molar-refractivity contribution in [3.8, 4) is 5.75 Å². The van der Waals surface area contributed by atoms with E-state index in [0.717, 1.165) is 30.3 Å². The van der Waals surface area contributed by atoms with Crippen LogP contribution in [0, 0.1) is 0 Å². The maximum Gasteiger partial charge on any atom is 0.263 e. The first-order chi connectivity index (χ1) is 14.8. The molecule has 0 unspecified atom stereocenters. The van der Waals surface area contributed by atoms with Crippen LogP contribution in [0.4, 0.5) is 0 Å². The lowest BCUT2D eigenvalue weighted by Crippen LogP contribution is -2.16. The van der Waals surface area contributed by atoms with Gasteiger partial charge in [-0.05, 0) is 12.1 Å². The molecular weight excluding hydrogens is 585 g/mol. The fraction of sp³-hybridized carbons (Fsp3) is 0. The minimum absolute atomic E-state index is 0.150. The molecule has 0 saturated carbocycles. The number of nitrogens with two attached hydrogens (primary N) is 1. The molecule has 4 aromatic rings. The Hall–Kier alpha value is -1.65. The third kappa shape index (κ3) is 3.78. The molecule has 4 rings (SSSR count). The summed E-state index contributed by atoms with van der Waals surface area (Å²) in [6.45, 7) is 0. The van der Waals surface area contributed by atoms with Crippen LogP contribution in [0.1, 0.15) is 0 Å². The van der Waals surface area contributed by atoms with E-state index >= 15 is 0 Å². The molecule has 0 aliphatic rings. The zero-order valence-electron chi connectivity index (χ0n) is 15.4. The smallest absolute Gasteiger partial charge is 0.263 e. The van der Waals surface area contributed by atoms with E-state index in [1.165, 1.54) is 0 Å². The Kier molecular flexibility index (Phi) is 5.32. The van der Waals surface area contributed by atoms with Gasteiger partial charge in [0.05, 0.1) is 9.79 Å². The van der Waals surface area contributed by atoms with Crippen LogP contribution in [0.2, 0.25) is 0 Å². The van der Waals surface area contributed by atoms with Gasteiger partial charge in [0.2, 0.25) is 10.0 Å². The molecule has 0 spiro atoms. The number of benzene rings is 4. The molecule has 0 atom stereocenters. The second-order valence-corrected chi connectivity index (χ2v) is 15.9. The van der Waals surface area contributed by atoms with Gasteiger partial charge in [-0.2, -0.15) is 0 Å². The Balaban J connectivity index is 2.53.